The zero-order valence-corrected chi connectivity index (χ0v) is 22.9. The molecule has 1 atom stereocenters. The highest BCUT2D eigenvalue weighted by Crippen LogP contribution is 2.40. The van der Waals surface area contributed by atoms with E-state index in [-0.39, 0.29) is 6.42 Å². The number of carbonyl (C=O) groups is 1. The Balaban J connectivity index is 1.57. The normalized spacial score (nSPS) is 15.2. The van der Waals surface area contributed by atoms with Crippen LogP contribution in [-0.4, -0.2) is 45.5 Å². The zero-order chi connectivity index (χ0) is 29.0. The Bertz CT molecular complexity index is 1770. The number of rotatable bonds is 6. The summed E-state index contributed by atoms with van der Waals surface area (Å²) in [6.45, 7) is 5.74. The molecule has 4 aromatic rings. The summed E-state index contributed by atoms with van der Waals surface area (Å²) in [5, 5.41) is 18.8. The first kappa shape index (κ1) is 27.5. The summed E-state index contributed by atoms with van der Waals surface area (Å²) in [4.78, 5) is 17.6. The van der Waals surface area contributed by atoms with E-state index < -0.39 is 33.4 Å². The van der Waals surface area contributed by atoms with Crippen LogP contribution in [0.4, 0.5) is 13.2 Å². The van der Waals surface area contributed by atoms with Gasteiger partial charge in [0.15, 0.2) is 5.82 Å². The number of carboxylic acid groups (broad SMARTS) is 1. The lowest BCUT2D eigenvalue weighted by atomic mass is 9.97. The molecule has 1 aliphatic heterocycles. The first-order valence-electron chi connectivity index (χ1n) is 11.8. The number of aryl methyl sites for hydroxylation is 2. The molecule has 1 aliphatic rings. The summed E-state index contributed by atoms with van der Waals surface area (Å²) in [7, 11) is -5.81. The number of alkyl halides is 3. The van der Waals surface area contributed by atoms with Gasteiger partial charge in [-0.05, 0) is 49.6 Å². The Hall–Kier alpha value is -4.04. The minimum Gasteiger partial charge on any atom is -0.481 e. The summed E-state index contributed by atoms with van der Waals surface area (Å²) in [5.74, 6) is -0.478. The lowest BCUT2D eigenvalue weighted by Gasteiger charge is -2.12. The number of carboxylic acids is 1. The third-order valence-corrected chi connectivity index (χ3v) is 8.59. The third kappa shape index (κ3) is 4.88. The van der Waals surface area contributed by atoms with Crippen molar-refractivity contribution >= 4 is 33.1 Å². The molecule has 9 nitrogen and oxygen atoms in total. The standard InChI is InChI=1S/C26H21F3N4O5S2/c1-13-14(2)39-25-22(13)23(30-20(12-21(34)35)24-32-31-15(3)33(24)25)17-9-7-16(8-10-17)18-5-4-6-19(11-18)38-40(36,37)26(27,28)29/h4-11,20H,12H2,1-3H3,(H,34,35)/t20-/m0/s1. The molecule has 0 saturated heterocycles. The van der Waals surface area contributed by atoms with Gasteiger partial charge in [-0.2, -0.15) is 21.6 Å². The lowest BCUT2D eigenvalue weighted by Crippen LogP contribution is -2.28. The van der Waals surface area contributed by atoms with Crippen molar-refractivity contribution in [1.29, 1.82) is 0 Å². The van der Waals surface area contributed by atoms with E-state index in [1.165, 1.54) is 23.5 Å². The lowest BCUT2D eigenvalue weighted by molar-refractivity contribution is -0.137. The first-order chi connectivity index (χ1) is 18.8. The number of aromatic nitrogens is 3. The predicted molar refractivity (Wildman–Crippen MR) is 142 cm³/mol. The minimum atomic E-state index is -5.81. The maximum atomic E-state index is 12.7. The fourth-order valence-corrected chi connectivity index (χ4v) is 6.08. The van der Waals surface area contributed by atoms with Gasteiger partial charge < -0.3 is 9.29 Å². The predicted octanol–water partition coefficient (Wildman–Crippen LogP) is 5.52. The van der Waals surface area contributed by atoms with Gasteiger partial charge in [0.2, 0.25) is 0 Å². The molecule has 14 heteroatoms. The van der Waals surface area contributed by atoms with Crippen LogP contribution in [0.15, 0.2) is 53.5 Å². The van der Waals surface area contributed by atoms with Gasteiger partial charge in [-0.3, -0.25) is 14.4 Å². The van der Waals surface area contributed by atoms with Crippen molar-refractivity contribution in [3.05, 3.63) is 81.7 Å². The molecular weight excluding hydrogens is 569 g/mol. The first-order valence-corrected chi connectivity index (χ1v) is 14.0. The summed E-state index contributed by atoms with van der Waals surface area (Å²) < 4.78 is 67.2. The van der Waals surface area contributed by atoms with E-state index in [1.807, 2.05) is 18.4 Å². The van der Waals surface area contributed by atoms with Crippen molar-refractivity contribution in [2.45, 2.75) is 38.7 Å². The Kier molecular flexibility index (Phi) is 6.78. The van der Waals surface area contributed by atoms with Crippen molar-refractivity contribution in [2.75, 3.05) is 0 Å². The molecular formula is C26H21F3N4O5S2. The molecule has 2 aromatic heterocycles. The third-order valence-electron chi connectivity index (χ3n) is 6.42. The van der Waals surface area contributed by atoms with Gasteiger partial charge in [0, 0.05) is 16.0 Å². The zero-order valence-electron chi connectivity index (χ0n) is 21.2. The highest BCUT2D eigenvalue weighted by Gasteiger charge is 2.48. The molecule has 0 aliphatic carbocycles. The fourth-order valence-electron chi connectivity index (χ4n) is 4.41. The van der Waals surface area contributed by atoms with E-state index in [4.69, 9.17) is 4.99 Å². The van der Waals surface area contributed by atoms with Crippen molar-refractivity contribution in [3.63, 3.8) is 0 Å². The number of aliphatic carboxylic acids is 1. The minimum absolute atomic E-state index is 0.291. The van der Waals surface area contributed by atoms with E-state index in [2.05, 4.69) is 14.4 Å². The fraction of sp³-hybridized carbons (Fsp3) is 0.231. The van der Waals surface area contributed by atoms with Gasteiger partial charge in [0.05, 0.1) is 12.1 Å². The number of fused-ring (bicyclic) bond motifs is 3. The smallest absolute Gasteiger partial charge is 0.481 e. The maximum absolute atomic E-state index is 12.7. The van der Waals surface area contributed by atoms with Gasteiger partial charge in [-0.15, -0.1) is 21.5 Å². The second-order valence-electron chi connectivity index (χ2n) is 9.08. The van der Waals surface area contributed by atoms with Crippen LogP contribution in [0, 0.1) is 20.8 Å². The van der Waals surface area contributed by atoms with Crippen LogP contribution in [0.1, 0.15) is 45.7 Å². The Morgan fingerprint density at radius 3 is 2.38 bits per heavy atom. The average molecular weight is 591 g/mol. The van der Waals surface area contributed by atoms with Crippen LogP contribution in [0.2, 0.25) is 0 Å². The van der Waals surface area contributed by atoms with Gasteiger partial charge in [-0.1, -0.05) is 36.4 Å². The van der Waals surface area contributed by atoms with Crippen LogP contribution in [0.3, 0.4) is 0 Å². The van der Waals surface area contributed by atoms with Crippen LogP contribution < -0.4 is 4.18 Å². The number of aliphatic imine (C=N–C) groups is 1. The number of halogens is 3. The summed E-state index contributed by atoms with van der Waals surface area (Å²) in [6.07, 6.45) is -0.291. The quantitative estimate of drug-likeness (QED) is 0.232. The van der Waals surface area contributed by atoms with Crippen molar-refractivity contribution in [1.82, 2.24) is 14.8 Å². The molecule has 0 amide bonds. The molecule has 3 heterocycles. The van der Waals surface area contributed by atoms with Crippen molar-refractivity contribution < 1.29 is 35.7 Å². The second-order valence-corrected chi connectivity index (χ2v) is 11.8. The summed E-state index contributed by atoms with van der Waals surface area (Å²) in [6, 6.07) is 11.5. The number of hydrogen-bond donors (Lipinski definition) is 1. The van der Waals surface area contributed by atoms with Gasteiger partial charge in [0.1, 0.15) is 22.6 Å². The van der Waals surface area contributed by atoms with Crippen molar-refractivity contribution in [3.8, 4) is 21.9 Å². The molecule has 0 unspecified atom stereocenters. The van der Waals surface area contributed by atoms with Crippen LogP contribution >= 0.6 is 11.3 Å². The summed E-state index contributed by atoms with van der Waals surface area (Å²) >= 11 is 1.53. The topological polar surface area (TPSA) is 124 Å². The SMILES string of the molecule is Cc1sc2c(c1C)C(c1ccc(-c3cccc(OS(=O)(=O)C(F)(F)F)c3)cc1)=N[C@@H](CC(=O)O)c1nnc(C)n1-2. The van der Waals surface area contributed by atoms with E-state index in [0.29, 0.717) is 34.1 Å². The Morgan fingerprint density at radius 2 is 1.73 bits per heavy atom. The molecule has 2 aromatic carbocycles. The highest BCUT2D eigenvalue weighted by molar-refractivity contribution is 7.88. The largest absolute Gasteiger partial charge is 0.534 e. The number of hydrogen-bond acceptors (Lipinski definition) is 8. The molecule has 0 spiro atoms. The molecule has 0 radical (unpaired) electrons. The number of benzene rings is 2. The number of nitrogens with zero attached hydrogens (tertiary/aromatic N) is 4. The second kappa shape index (κ2) is 9.86. The molecule has 208 valence electrons. The van der Waals surface area contributed by atoms with Crippen LogP contribution in [0.5, 0.6) is 5.75 Å². The molecule has 1 N–H and O–H groups in total. The van der Waals surface area contributed by atoms with E-state index in [1.54, 1.807) is 37.3 Å². The van der Waals surface area contributed by atoms with Gasteiger partial charge in [0.25, 0.3) is 0 Å². The van der Waals surface area contributed by atoms with Gasteiger partial charge >= 0.3 is 21.6 Å². The molecule has 0 bridgehead atoms. The monoisotopic (exact) mass is 590 g/mol. The van der Waals surface area contributed by atoms with E-state index >= 15 is 0 Å². The van der Waals surface area contributed by atoms with E-state index in [0.717, 1.165) is 27.1 Å². The average Bonchev–Trinajstić information content (AvgIpc) is 3.35. The van der Waals surface area contributed by atoms with Crippen LogP contribution in [-0.2, 0) is 14.9 Å². The summed E-state index contributed by atoms with van der Waals surface area (Å²) in [5.41, 5.74) is -1.46. The van der Waals surface area contributed by atoms with Gasteiger partial charge in [-0.25, -0.2) is 0 Å². The molecule has 0 fully saturated rings. The Labute approximate surface area is 230 Å². The van der Waals surface area contributed by atoms with Crippen molar-refractivity contribution in [2.24, 2.45) is 4.99 Å². The van der Waals surface area contributed by atoms with E-state index in [9.17, 15) is 31.5 Å². The van der Waals surface area contributed by atoms with Crippen LogP contribution in [0.25, 0.3) is 16.1 Å². The highest BCUT2D eigenvalue weighted by atomic mass is 32.2. The molecule has 0 saturated carbocycles. The maximum Gasteiger partial charge on any atom is 0.534 e. The molecule has 5 rings (SSSR count). The number of thiophene rings is 1. The molecule has 40 heavy (non-hydrogen) atoms. The Morgan fingerprint density at radius 1 is 1.05 bits per heavy atom.